The predicted octanol–water partition coefficient (Wildman–Crippen LogP) is 5.53. The van der Waals surface area contributed by atoms with Crippen LogP contribution in [0.3, 0.4) is 0 Å². The summed E-state index contributed by atoms with van der Waals surface area (Å²) in [6.07, 6.45) is 0. The number of piperazine rings is 1. The topological polar surface area (TPSA) is 59.1 Å². The van der Waals surface area contributed by atoms with Gasteiger partial charge in [0.1, 0.15) is 6.61 Å². The van der Waals surface area contributed by atoms with E-state index in [1.54, 1.807) is 29.3 Å². The highest BCUT2D eigenvalue weighted by Crippen LogP contribution is 2.40. The van der Waals surface area contributed by atoms with Crippen molar-refractivity contribution in [2.45, 2.75) is 44.8 Å². The Balaban J connectivity index is 1.57. The van der Waals surface area contributed by atoms with Crippen LogP contribution in [0.5, 0.6) is 0 Å². The van der Waals surface area contributed by atoms with Gasteiger partial charge in [0.15, 0.2) is 0 Å². The molecule has 1 atom stereocenters. The summed E-state index contributed by atoms with van der Waals surface area (Å²) in [5.41, 5.74) is 1.30. The van der Waals surface area contributed by atoms with Gasteiger partial charge in [-0.3, -0.25) is 4.90 Å². The second kappa shape index (κ2) is 10.6. The van der Waals surface area contributed by atoms with Crippen LogP contribution in [-0.4, -0.2) is 52.7 Å². The Labute approximate surface area is 213 Å². The number of hydroxylamine groups is 2. The zero-order valence-electron chi connectivity index (χ0n) is 21.4. The quantitative estimate of drug-likeness (QED) is 0.409. The number of benzene rings is 3. The molecule has 0 aromatic heterocycles. The molecule has 0 spiro atoms. The van der Waals surface area contributed by atoms with Gasteiger partial charge in [0.05, 0.1) is 30.3 Å². The predicted molar refractivity (Wildman–Crippen MR) is 139 cm³/mol. The first-order chi connectivity index (χ1) is 17.2. The van der Waals surface area contributed by atoms with Crippen molar-refractivity contribution in [3.05, 3.63) is 108 Å². The maximum absolute atomic E-state index is 12.8. The molecule has 4 rings (SSSR count). The first kappa shape index (κ1) is 25.6. The van der Waals surface area contributed by atoms with Crippen molar-refractivity contribution >= 4 is 11.9 Å². The zero-order valence-corrected chi connectivity index (χ0v) is 21.4. The van der Waals surface area contributed by atoms with Gasteiger partial charge in [-0.2, -0.15) is 0 Å². The van der Waals surface area contributed by atoms with Crippen molar-refractivity contribution in [1.82, 2.24) is 9.96 Å². The van der Waals surface area contributed by atoms with E-state index in [-0.39, 0.29) is 24.6 Å². The van der Waals surface area contributed by atoms with E-state index in [1.165, 1.54) is 0 Å². The number of esters is 1. The number of hydrogen-bond acceptors (Lipinski definition) is 6. The van der Waals surface area contributed by atoms with Crippen LogP contribution in [0.25, 0.3) is 0 Å². The molecule has 6 heteroatoms. The van der Waals surface area contributed by atoms with Gasteiger partial charge in [-0.05, 0) is 57.5 Å². The van der Waals surface area contributed by atoms with Crippen LogP contribution in [0.2, 0.25) is 0 Å². The van der Waals surface area contributed by atoms with E-state index in [2.05, 4.69) is 44.7 Å². The average molecular weight is 487 g/mol. The molecule has 1 aliphatic rings. The Kier molecular flexibility index (Phi) is 7.57. The van der Waals surface area contributed by atoms with Crippen molar-refractivity contribution in [3.63, 3.8) is 0 Å². The summed E-state index contributed by atoms with van der Waals surface area (Å²) in [4.78, 5) is 33.7. The molecule has 3 aromatic carbocycles. The Morgan fingerprint density at radius 1 is 0.722 bits per heavy atom. The van der Waals surface area contributed by atoms with Gasteiger partial charge in [-0.15, -0.1) is 5.06 Å². The van der Waals surface area contributed by atoms with Crippen molar-refractivity contribution in [3.8, 4) is 0 Å². The van der Waals surface area contributed by atoms with Gasteiger partial charge in [0.25, 0.3) is 0 Å². The molecule has 1 heterocycles. The second-order valence-corrected chi connectivity index (χ2v) is 10.4. The third kappa shape index (κ3) is 5.83. The van der Waals surface area contributed by atoms with Crippen LogP contribution in [0.1, 0.15) is 60.0 Å². The average Bonchev–Trinajstić information content (AvgIpc) is 2.86. The van der Waals surface area contributed by atoms with Crippen molar-refractivity contribution in [2.75, 3.05) is 19.7 Å². The van der Waals surface area contributed by atoms with E-state index in [1.807, 2.05) is 54.6 Å². The lowest BCUT2D eigenvalue weighted by molar-refractivity contribution is -0.207. The molecule has 36 heavy (non-hydrogen) atoms. The molecule has 1 aliphatic heterocycles. The standard InChI is InChI=1S/C30H34N2O4/c1-29(2)21-31(36-28(34)25-18-12-7-13-19-25)22-30(3,4)32(29)26(23-14-8-5-9-15-23)20-35-27(33)24-16-10-6-11-17-24/h5-19,26H,20-22H2,1-4H3. The zero-order chi connectivity index (χ0) is 25.8. The van der Waals surface area contributed by atoms with Crippen LogP contribution >= 0.6 is 0 Å². The lowest BCUT2D eigenvalue weighted by atomic mass is 9.85. The Morgan fingerprint density at radius 2 is 1.17 bits per heavy atom. The SMILES string of the molecule is CC1(C)CN(OC(=O)c2ccccc2)CC(C)(C)N1C(COC(=O)c1ccccc1)c1ccccc1. The molecule has 188 valence electrons. The third-order valence-corrected chi connectivity index (χ3v) is 6.53. The summed E-state index contributed by atoms with van der Waals surface area (Å²) >= 11 is 0. The van der Waals surface area contributed by atoms with Gasteiger partial charge in [-0.1, -0.05) is 66.7 Å². The molecule has 0 aliphatic carbocycles. The molecule has 3 aromatic rings. The largest absolute Gasteiger partial charge is 0.460 e. The van der Waals surface area contributed by atoms with Gasteiger partial charge < -0.3 is 9.57 Å². The van der Waals surface area contributed by atoms with E-state index in [9.17, 15) is 9.59 Å². The van der Waals surface area contributed by atoms with Crippen molar-refractivity contribution in [1.29, 1.82) is 0 Å². The fraction of sp³-hybridized carbons (Fsp3) is 0.333. The van der Waals surface area contributed by atoms with E-state index in [4.69, 9.17) is 9.57 Å². The summed E-state index contributed by atoms with van der Waals surface area (Å²) in [6.45, 7) is 9.74. The Hall–Kier alpha value is -3.48. The van der Waals surface area contributed by atoms with Crippen LogP contribution in [-0.2, 0) is 9.57 Å². The van der Waals surface area contributed by atoms with Crippen LogP contribution < -0.4 is 0 Å². The number of carbonyl (C=O) groups is 2. The molecule has 1 saturated heterocycles. The minimum Gasteiger partial charge on any atom is -0.460 e. The van der Waals surface area contributed by atoms with Crippen LogP contribution in [0.4, 0.5) is 0 Å². The smallest absolute Gasteiger partial charge is 0.357 e. The normalized spacial score (nSPS) is 18.2. The number of carbonyl (C=O) groups excluding carboxylic acids is 2. The first-order valence-electron chi connectivity index (χ1n) is 12.3. The Bertz CT molecular complexity index is 1150. The number of rotatable bonds is 7. The molecule has 0 saturated carbocycles. The highest BCUT2D eigenvalue weighted by Gasteiger charge is 2.49. The number of ether oxygens (including phenoxy) is 1. The first-order valence-corrected chi connectivity index (χ1v) is 12.3. The van der Waals surface area contributed by atoms with E-state index >= 15 is 0 Å². The molecule has 0 bridgehead atoms. The van der Waals surface area contributed by atoms with Gasteiger partial charge in [-0.25, -0.2) is 9.59 Å². The van der Waals surface area contributed by atoms with Crippen molar-refractivity contribution in [2.24, 2.45) is 0 Å². The highest BCUT2D eigenvalue weighted by atomic mass is 16.7. The monoisotopic (exact) mass is 486 g/mol. The van der Waals surface area contributed by atoms with E-state index in [0.29, 0.717) is 24.2 Å². The highest BCUT2D eigenvalue weighted by molar-refractivity contribution is 5.89. The molecular weight excluding hydrogens is 452 g/mol. The summed E-state index contributed by atoms with van der Waals surface area (Å²) in [5, 5.41) is 1.75. The molecule has 1 fully saturated rings. The third-order valence-electron chi connectivity index (χ3n) is 6.53. The minimum atomic E-state index is -0.404. The Morgan fingerprint density at radius 3 is 1.67 bits per heavy atom. The summed E-state index contributed by atoms with van der Waals surface area (Å²) < 4.78 is 5.85. The molecule has 0 amide bonds. The summed E-state index contributed by atoms with van der Waals surface area (Å²) in [5.74, 6) is -0.713. The summed E-state index contributed by atoms with van der Waals surface area (Å²) in [6, 6.07) is 28.0. The van der Waals surface area contributed by atoms with Crippen molar-refractivity contribution < 1.29 is 19.2 Å². The molecule has 0 N–H and O–H groups in total. The molecule has 1 unspecified atom stereocenters. The minimum absolute atomic E-state index is 0.184. The van der Waals surface area contributed by atoms with Gasteiger partial charge >= 0.3 is 11.9 Å². The van der Waals surface area contributed by atoms with Gasteiger partial charge in [0.2, 0.25) is 0 Å². The second-order valence-electron chi connectivity index (χ2n) is 10.4. The maximum Gasteiger partial charge on any atom is 0.357 e. The lowest BCUT2D eigenvalue weighted by Crippen LogP contribution is -2.69. The number of hydrogen-bond donors (Lipinski definition) is 0. The van der Waals surface area contributed by atoms with E-state index in [0.717, 1.165) is 5.56 Å². The fourth-order valence-electron chi connectivity index (χ4n) is 5.35. The summed E-state index contributed by atoms with van der Waals surface area (Å²) in [7, 11) is 0. The molecular formula is C30H34N2O4. The molecule has 0 radical (unpaired) electrons. The number of nitrogens with zero attached hydrogens (tertiary/aromatic N) is 2. The lowest BCUT2D eigenvalue weighted by Gasteiger charge is -2.58. The fourth-order valence-corrected chi connectivity index (χ4v) is 5.35. The maximum atomic E-state index is 12.8. The van der Waals surface area contributed by atoms with E-state index < -0.39 is 11.1 Å². The van der Waals surface area contributed by atoms with Gasteiger partial charge in [0, 0.05) is 11.1 Å². The van der Waals surface area contributed by atoms with Crippen LogP contribution in [0, 0.1) is 0 Å². The van der Waals surface area contributed by atoms with Crippen LogP contribution in [0.15, 0.2) is 91.0 Å². The molecule has 6 nitrogen and oxygen atoms in total.